The van der Waals surface area contributed by atoms with E-state index < -0.39 is 0 Å². The van der Waals surface area contributed by atoms with Crippen molar-refractivity contribution in [3.8, 4) is 0 Å². The standard InChI is InChI=1S/C20H23N5/c1-3-17-6-4-5-7-18(17)24-19-14-20(23-15-22-19)25(2)13-10-16-8-11-21-12-9-16/h4-9,11-12,14-15H,3,10,13H2,1-2H3,(H,22,23,24). The highest BCUT2D eigenvalue weighted by Crippen LogP contribution is 2.21. The highest BCUT2D eigenvalue weighted by molar-refractivity contribution is 5.62. The van der Waals surface area contributed by atoms with E-state index in [0.29, 0.717) is 0 Å². The molecule has 2 heterocycles. The van der Waals surface area contributed by atoms with E-state index in [2.05, 4.69) is 50.3 Å². The molecule has 0 saturated carbocycles. The topological polar surface area (TPSA) is 53.9 Å². The van der Waals surface area contributed by atoms with Gasteiger partial charge in [0.15, 0.2) is 0 Å². The normalized spacial score (nSPS) is 10.5. The molecule has 0 amide bonds. The molecule has 0 spiro atoms. The van der Waals surface area contributed by atoms with Crippen molar-refractivity contribution in [2.75, 3.05) is 23.8 Å². The first-order valence-electron chi connectivity index (χ1n) is 8.53. The summed E-state index contributed by atoms with van der Waals surface area (Å²) in [6.45, 7) is 3.03. The minimum absolute atomic E-state index is 0.807. The maximum atomic E-state index is 4.40. The second-order valence-corrected chi connectivity index (χ2v) is 5.92. The lowest BCUT2D eigenvalue weighted by Gasteiger charge is -2.19. The average Bonchev–Trinajstić information content (AvgIpc) is 2.67. The molecular weight excluding hydrogens is 310 g/mol. The van der Waals surface area contributed by atoms with Crippen LogP contribution in [0.1, 0.15) is 18.1 Å². The molecule has 0 aliphatic heterocycles. The van der Waals surface area contributed by atoms with Gasteiger partial charge in [-0.05, 0) is 42.2 Å². The molecule has 5 nitrogen and oxygen atoms in total. The number of hydrogen-bond donors (Lipinski definition) is 1. The van der Waals surface area contributed by atoms with Crippen molar-refractivity contribution in [2.45, 2.75) is 19.8 Å². The Hall–Kier alpha value is -2.95. The predicted molar refractivity (Wildman–Crippen MR) is 102 cm³/mol. The number of pyridine rings is 1. The SMILES string of the molecule is CCc1ccccc1Nc1cc(N(C)CCc2ccncc2)ncn1. The van der Waals surface area contributed by atoms with Crippen LogP contribution in [0.3, 0.4) is 0 Å². The van der Waals surface area contributed by atoms with Crippen LogP contribution in [0, 0.1) is 0 Å². The third-order valence-electron chi connectivity index (χ3n) is 4.19. The van der Waals surface area contributed by atoms with Gasteiger partial charge in [-0.15, -0.1) is 0 Å². The Morgan fingerprint density at radius 2 is 1.84 bits per heavy atom. The first kappa shape index (κ1) is 16.9. The Labute approximate surface area is 148 Å². The van der Waals surface area contributed by atoms with E-state index in [0.717, 1.165) is 36.7 Å². The van der Waals surface area contributed by atoms with E-state index >= 15 is 0 Å². The van der Waals surface area contributed by atoms with Crippen molar-refractivity contribution < 1.29 is 0 Å². The Morgan fingerprint density at radius 3 is 2.64 bits per heavy atom. The summed E-state index contributed by atoms with van der Waals surface area (Å²) in [4.78, 5) is 14.9. The third-order valence-corrected chi connectivity index (χ3v) is 4.19. The average molecular weight is 333 g/mol. The number of rotatable bonds is 7. The number of nitrogens with zero attached hydrogens (tertiary/aromatic N) is 4. The number of likely N-dealkylation sites (N-methyl/N-ethyl adjacent to an activating group) is 1. The largest absolute Gasteiger partial charge is 0.359 e. The van der Waals surface area contributed by atoms with E-state index in [1.54, 1.807) is 6.33 Å². The van der Waals surface area contributed by atoms with Gasteiger partial charge in [0.05, 0.1) is 0 Å². The third kappa shape index (κ3) is 4.53. The van der Waals surface area contributed by atoms with Crippen LogP contribution in [0.2, 0.25) is 0 Å². The molecule has 0 unspecified atom stereocenters. The van der Waals surface area contributed by atoms with Gasteiger partial charge in [-0.25, -0.2) is 9.97 Å². The molecular formula is C20H23N5. The zero-order valence-electron chi connectivity index (χ0n) is 14.7. The molecule has 1 aromatic carbocycles. The molecule has 2 aromatic heterocycles. The number of para-hydroxylation sites is 1. The Balaban J connectivity index is 1.68. The van der Waals surface area contributed by atoms with Crippen LogP contribution in [0.4, 0.5) is 17.3 Å². The van der Waals surface area contributed by atoms with E-state index in [9.17, 15) is 0 Å². The summed E-state index contributed by atoms with van der Waals surface area (Å²) in [5.74, 6) is 1.71. The predicted octanol–water partition coefficient (Wildman–Crippen LogP) is 3.86. The van der Waals surface area contributed by atoms with Crippen molar-refractivity contribution in [2.24, 2.45) is 0 Å². The van der Waals surface area contributed by atoms with E-state index in [4.69, 9.17) is 0 Å². The fourth-order valence-electron chi connectivity index (χ4n) is 2.67. The van der Waals surface area contributed by atoms with Crippen molar-refractivity contribution in [1.82, 2.24) is 15.0 Å². The summed E-state index contributed by atoms with van der Waals surface area (Å²) < 4.78 is 0. The molecule has 128 valence electrons. The minimum atomic E-state index is 0.807. The number of aromatic nitrogens is 3. The number of nitrogens with one attached hydrogen (secondary N) is 1. The number of benzene rings is 1. The summed E-state index contributed by atoms with van der Waals surface area (Å²) in [5, 5.41) is 3.41. The van der Waals surface area contributed by atoms with Gasteiger partial charge < -0.3 is 10.2 Å². The van der Waals surface area contributed by atoms with Gasteiger partial charge in [-0.3, -0.25) is 4.98 Å². The monoisotopic (exact) mass is 333 g/mol. The Kier molecular flexibility index (Phi) is 5.57. The molecule has 0 radical (unpaired) electrons. The van der Waals surface area contributed by atoms with Gasteiger partial charge in [-0.1, -0.05) is 25.1 Å². The molecule has 25 heavy (non-hydrogen) atoms. The van der Waals surface area contributed by atoms with E-state index in [-0.39, 0.29) is 0 Å². The van der Waals surface area contributed by atoms with Gasteiger partial charge in [-0.2, -0.15) is 0 Å². The number of aryl methyl sites for hydroxylation is 1. The van der Waals surface area contributed by atoms with Gasteiger partial charge in [0, 0.05) is 37.7 Å². The zero-order chi connectivity index (χ0) is 17.5. The number of anilines is 3. The minimum Gasteiger partial charge on any atom is -0.359 e. The van der Waals surface area contributed by atoms with Crippen molar-refractivity contribution >= 4 is 17.3 Å². The van der Waals surface area contributed by atoms with E-state index in [1.165, 1.54) is 11.1 Å². The molecule has 0 bridgehead atoms. The maximum Gasteiger partial charge on any atom is 0.135 e. The first-order chi connectivity index (χ1) is 12.3. The maximum absolute atomic E-state index is 4.40. The molecule has 0 atom stereocenters. The summed E-state index contributed by atoms with van der Waals surface area (Å²) in [5.41, 5.74) is 3.63. The van der Waals surface area contributed by atoms with Crippen molar-refractivity contribution in [3.63, 3.8) is 0 Å². The quantitative estimate of drug-likeness (QED) is 0.711. The van der Waals surface area contributed by atoms with Gasteiger partial charge in [0.25, 0.3) is 0 Å². The lowest BCUT2D eigenvalue weighted by atomic mass is 10.1. The van der Waals surface area contributed by atoms with Crippen LogP contribution in [0.25, 0.3) is 0 Å². The lowest BCUT2D eigenvalue weighted by molar-refractivity contribution is 0.854. The second-order valence-electron chi connectivity index (χ2n) is 5.92. The summed E-state index contributed by atoms with van der Waals surface area (Å²) in [6.07, 6.45) is 7.19. The molecule has 3 aromatic rings. The van der Waals surface area contributed by atoms with Crippen LogP contribution in [-0.4, -0.2) is 28.5 Å². The van der Waals surface area contributed by atoms with Gasteiger partial charge >= 0.3 is 0 Å². The molecule has 0 saturated heterocycles. The van der Waals surface area contributed by atoms with E-state index in [1.807, 2.05) is 43.7 Å². The smallest absolute Gasteiger partial charge is 0.135 e. The molecule has 0 aliphatic carbocycles. The highest BCUT2D eigenvalue weighted by Gasteiger charge is 2.06. The summed E-state index contributed by atoms with van der Waals surface area (Å²) in [7, 11) is 2.05. The second kappa shape index (κ2) is 8.24. The van der Waals surface area contributed by atoms with Crippen LogP contribution >= 0.6 is 0 Å². The van der Waals surface area contributed by atoms with Crippen LogP contribution in [0.5, 0.6) is 0 Å². The Bertz CT molecular complexity index is 804. The van der Waals surface area contributed by atoms with Gasteiger partial charge in [0.1, 0.15) is 18.0 Å². The first-order valence-corrected chi connectivity index (χ1v) is 8.53. The van der Waals surface area contributed by atoms with Gasteiger partial charge in [0.2, 0.25) is 0 Å². The molecule has 0 aliphatic rings. The van der Waals surface area contributed by atoms with Crippen LogP contribution in [0.15, 0.2) is 61.2 Å². The molecule has 3 rings (SSSR count). The molecule has 5 heteroatoms. The highest BCUT2D eigenvalue weighted by atomic mass is 15.2. The fraction of sp³-hybridized carbons (Fsp3) is 0.250. The number of hydrogen-bond acceptors (Lipinski definition) is 5. The molecule has 1 N–H and O–H groups in total. The van der Waals surface area contributed by atoms with Crippen molar-refractivity contribution in [3.05, 3.63) is 72.3 Å². The van der Waals surface area contributed by atoms with Crippen molar-refractivity contribution in [1.29, 1.82) is 0 Å². The van der Waals surface area contributed by atoms with Crippen LogP contribution < -0.4 is 10.2 Å². The zero-order valence-corrected chi connectivity index (χ0v) is 14.7. The summed E-state index contributed by atoms with van der Waals surface area (Å²) >= 11 is 0. The molecule has 0 fully saturated rings. The van der Waals surface area contributed by atoms with Crippen LogP contribution in [-0.2, 0) is 12.8 Å². The Morgan fingerprint density at radius 1 is 1.04 bits per heavy atom. The summed E-state index contributed by atoms with van der Waals surface area (Å²) in [6, 6.07) is 14.4. The fourth-order valence-corrected chi connectivity index (χ4v) is 2.67. The lowest BCUT2D eigenvalue weighted by Crippen LogP contribution is -2.21.